The molecule has 0 saturated carbocycles. The molecule has 5 rings (SSSR count). The van der Waals surface area contributed by atoms with E-state index in [0.29, 0.717) is 28.6 Å². The van der Waals surface area contributed by atoms with Gasteiger partial charge in [-0.25, -0.2) is 0 Å². The number of hydrogen-bond acceptors (Lipinski definition) is 1. The maximum Gasteiger partial charge on any atom is 0.737 e. The summed E-state index contributed by atoms with van der Waals surface area (Å²) in [6.45, 7) is 3.28. The van der Waals surface area contributed by atoms with E-state index in [4.69, 9.17) is 4.42 Å². The number of aromatic nitrogens is 1. The Labute approximate surface area is 156 Å². The lowest BCUT2D eigenvalue weighted by molar-refractivity contribution is -0.363. The third kappa shape index (κ3) is 1.98. The molecule has 136 valence electrons. The lowest BCUT2D eigenvalue weighted by Crippen LogP contribution is -2.51. The molecule has 3 nitrogen and oxygen atoms in total. The van der Waals surface area contributed by atoms with E-state index in [1.165, 1.54) is 8.96 Å². The van der Waals surface area contributed by atoms with Gasteiger partial charge in [-0.05, 0) is 50.2 Å². The molecule has 2 aliphatic heterocycles. The summed E-state index contributed by atoms with van der Waals surface area (Å²) in [5.41, 5.74) is 5.34. The van der Waals surface area contributed by atoms with E-state index in [0.717, 1.165) is 27.7 Å². The predicted octanol–water partition coefficient (Wildman–Crippen LogP) is 5.28. The van der Waals surface area contributed by atoms with Gasteiger partial charge in [0, 0.05) is 29.7 Å². The van der Waals surface area contributed by atoms with E-state index >= 15 is 8.63 Å². The van der Waals surface area contributed by atoms with Crippen LogP contribution in [0.25, 0.3) is 16.5 Å². The lowest BCUT2D eigenvalue weighted by Gasteiger charge is -2.33. The van der Waals surface area contributed by atoms with Crippen molar-refractivity contribution >= 4 is 29.2 Å². The Bertz CT molecular complexity index is 1210. The van der Waals surface area contributed by atoms with Gasteiger partial charge in [0.05, 0.1) is 0 Å². The summed E-state index contributed by atoms with van der Waals surface area (Å²) in [7, 11) is 0. The van der Waals surface area contributed by atoms with Gasteiger partial charge in [-0.3, -0.25) is 0 Å². The minimum atomic E-state index is -3.96. The standard InChI is InChI=1S/C21H19BF2N2O/c1-12-9-14(3)25-20(12)19(18-11-16-7-5-6-8-17(16)27-18)21-13(2)10-15(4)26(21)22(25,23)24/h5-11H,1-4H3. The highest BCUT2D eigenvalue weighted by atomic mass is 19.2. The average molecular weight is 364 g/mol. The van der Waals surface area contributed by atoms with E-state index in [1.807, 2.05) is 56.3 Å². The van der Waals surface area contributed by atoms with Crippen molar-refractivity contribution in [1.29, 1.82) is 0 Å². The highest BCUT2D eigenvalue weighted by Crippen LogP contribution is 2.45. The van der Waals surface area contributed by atoms with Gasteiger partial charge in [-0.1, -0.05) is 18.2 Å². The Morgan fingerprint density at radius 2 is 1.78 bits per heavy atom. The van der Waals surface area contributed by atoms with Gasteiger partial charge >= 0.3 is 6.97 Å². The molecule has 3 aromatic rings. The van der Waals surface area contributed by atoms with Crippen molar-refractivity contribution < 1.29 is 17.5 Å². The number of aryl methyl sites for hydroxylation is 2. The van der Waals surface area contributed by atoms with Crippen molar-refractivity contribution in [2.75, 3.05) is 0 Å². The smallest absolute Gasteiger partial charge is 0.456 e. The van der Waals surface area contributed by atoms with Gasteiger partial charge in [-0.15, -0.1) is 0 Å². The molecule has 0 fully saturated rings. The Hall–Kier alpha value is -2.89. The SMILES string of the molecule is CC1=CC(C)=[N+]2C1=C(c1cc3ccccc3o1)c1c(C)cc(C)n1[B-]2(F)F. The van der Waals surface area contributed by atoms with Crippen molar-refractivity contribution in [2.45, 2.75) is 27.7 Å². The number of halogens is 2. The molecular weight excluding hydrogens is 345 g/mol. The van der Waals surface area contributed by atoms with Gasteiger partial charge < -0.3 is 22.0 Å². The number of fused-ring (bicyclic) bond motifs is 3. The fourth-order valence-corrected chi connectivity index (χ4v) is 4.64. The van der Waals surface area contributed by atoms with Gasteiger partial charge in [-0.2, -0.15) is 0 Å². The molecule has 0 N–H and O–H groups in total. The summed E-state index contributed by atoms with van der Waals surface area (Å²) < 4.78 is 39.7. The zero-order valence-electron chi connectivity index (χ0n) is 15.7. The Balaban J connectivity index is 1.94. The second-order valence-electron chi connectivity index (χ2n) is 7.49. The van der Waals surface area contributed by atoms with Crippen LogP contribution < -0.4 is 0 Å². The highest BCUT2D eigenvalue weighted by molar-refractivity contribution is 6.58. The molecule has 6 heteroatoms. The van der Waals surface area contributed by atoms with Crippen LogP contribution in [0.3, 0.4) is 0 Å². The molecular formula is C21H19BF2N2O. The summed E-state index contributed by atoms with van der Waals surface area (Å²) in [6.07, 6.45) is 1.82. The molecule has 4 heterocycles. The van der Waals surface area contributed by atoms with Gasteiger partial charge in [0.15, 0.2) is 5.70 Å². The molecule has 27 heavy (non-hydrogen) atoms. The Morgan fingerprint density at radius 1 is 1.04 bits per heavy atom. The second-order valence-corrected chi connectivity index (χ2v) is 7.49. The molecule has 0 amide bonds. The second kappa shape index (κ2) is 5.09. The molecule has 0 spiro atoms. The number of allylic oxidation sites excluding steroid dienone is 2. The van der Waals surface area contributed by atoms with E-state index in [2.05, 4.69) is 0 Å². The molecule has 0 bridgehead atoms. The first-order valence-electron chi connectivity index (χ1n) is 9.06. The van der Waals surface area contributed by atoms with Crippen LogP contribution in [0.2, 0.25) is 0 Å². The topological polar surface area (TPSA) is 21.1 Å². The Kier molecular flexibility index (Phi) is 3.07. The molecule has 1 aromatic carbocycles. The minimum absolute atomic E-state index is 0.547. The molecule has 0 aliphatic carbocycles. The molecule has 0 radical (unpaired) electrons. The predicted molar refractivity (Wildman–Crippen MR) is 104 cm³/mol. The third-order valence-electron chi connectivity index (χ3n) is 5.61. The first-order valence-corrected chi connectivity index (χ1v) is 9.06. The fraction of sp³-hybridized carbons (Fsp3) is 0.190. The number of rotatable bonds is 1. The largest absolute Gasteiger partial charge is 0.737 e. The summed E-state index contributed by atoms with van der Waals surface area (Å²) in [6, 6.07) is 11.5. The van der Waals surface area contributed by atoms with Gasteiger partial charge in [0.25, 0.3) is 0 Å². The fourth-order valence-electron chi connectivity index (χ4n) is 4.64. The lowest BCUT2D eigenvalue weighted by atomic mass is 9.85. The van der Waals surface area contributed by atoms with Crippen LogP contribution in [0.15, 0.2) is 58.2 Å². The molecule has 0 atom stereocenters. The van der Waals surface area contributed by atoms with Gasteiger partial charge in [0.1, 0.15) is 22.6 Å². The van der Waals surface area contributed by atoms with Crippen LogP contribution in [0.1, 0.15) is 36.6 Å². The zero-order chi connectivity index (χ0) is 19.1. The summed E-state index contributed by atoms with van der Waals surface area (Å²) in [5.74, 6) is 0.618. The van der Waals surface area contributed by atoms with Crippen molar-refractivity contribution in [1.82, 2.24) is 4.48 Å². The van der Waals surface area contributed by atoms with E-state index in [-0.39, 0.29) is 0 Å². The Morgan fingerprint density at radius 3 is 2.52 bits per heavy atom. The first kappa shape index (κ1) is 16.3. The number of furan rings is 1. The zero-order valence-corrected chi connectivity index (χ0v) is 15.7. The number of benzene rings is 1. The monoisotopic (exact) mass is 364 g/mol. The molecule has 2 aromatic heterocycles. The summed E-state index contributed by atoms with van der Waals surface area (Å²) >= 11 is 0. The first-order chi connectivity index (χ1) is 12.8. The van der Waals surface area contributed by atoms with E-state index in [1.54, 1.807) is 13.8 Å². The van der Waals surface area contributed by atoms with Crippen molar-refractivity contribution in [2.24, 2.45) is 0 Å². The van der Waals surface area contributed by atoms with Crippen LogP contribution in [0, 0.1) is 13.8 Å². The van der Waals surface area contributed by atoms with Crippen molar-refractivity contribution in [3.8, 4) is 0 Å². The summed E-state index contributed by atoms with van der Waals surface area (Å²) in [5, 5.41) is 0.961. The molecule has 0 saturated heterocycles. The van der Waals surface area contributed by atoms with Crippen LogP contribution >= 0.6 is 0 Å². The van der Waals surface area contributed by atoms with Crippen LogP contribution in [0.4, 0.5) is 8.63 Å². The van der Waals surface area contributed by atoms with Crippen LogP contribution in [0.5, 0.6) is 0 Å². The molecule has 0 unspecified atom stereocenters. The third-order valence-corrected chi connectivity index (χ3v) is 5.61. The van der Waals surface area contributed by atoms with Crippen LogP contribution in [-0.4, -0.2) is 21.6 Å². The number of para-hydroxylation sites is 1. The van der Waals surface area contributed by atoms with Crippen molar-refractivity contribution in [3.63, 3.8) is 0 Å². The molecule has 2 aliphatic rings. The normalized spacial score (nSPS) is 18.2. The average Bonchev–Trinajstić information content (AvgIpc) is 3.23. The maximum absolute atomic E-state index is 15.6. The minimum Gasteiger partial charge on any atom is -0.456 e. The van der Waals surface area contributed by atoms with Crippen molar-refractivity contribution in [3.05, 3.63) is 76.5 Å². The highest BCUT2D eigenvalue weighted by Gasteiger charge is 2.55. The van der Waals surface area contributed by atoms with E-state index in [9.17, 15) is 0 Å². The quantitative estimate of drug-likeness (QED) is 0.538. The van der Waals surface area contributed by atoms with Gasteiger partial charge in [0.2, 0.25) is 0 Å². The van der Waals surface area contributed by atoms with Crippen LogP contribution in [-0.2, 0) is 0 Å². The van der Waals surface area contributed by atoms with E-state index < -0.39 is 6.97 Å². The number of hydrogen-bond donors (Lipinski definition) is 0. The number of nitrogens with zero attached hydrogens (tertiary/aromatic N) is 2. The maximum atomic E-state index is 15.6. The summed E-state index contributed by atoms with van der Waals surface area (Å²) in [4.78, 5) is 0.